The maximum atomic E-state index is 12.3. The summed E-state index contributed by atoms with van der Waals surface area (Å²) in [5.41, 5.74) is 5.14. The van der Waals surface area contributed by atoms with Crippen molar-refractivity contribution < 1.29 is 8.42 Å². The molecule has 0 saturated heterocycles. The molecule has 0 aliphatic heterocycles. The van der Waals surface area contributed by atoms with Gasteiger partial charge in [0.2, 0.25) is 10.0 Å². The smallest absolute Gasteiger partial charge is 0.242 e. The SMILES string of the molecule is CCC(CC)(CN)NS(=O)(=O)c1ccccc1Br.Cl. The maximum absolute atomic E-state index is 12.3. The zero-order valence-corrected chi connectivity index (χ0v) is 14.2. The molecule has 0 spiro atoms. The van der Waals surface area contributed by atoms with Gasteiger partial charge in [0.25, 0.3) is 0 Å². The van der Waals surface area contributed by atoms with E-state index in [1.54, 1.807) is 24.3 Å². The van der Waals surface area contributed by atoms with Crippen LogP contribution in [-0.4, -0.2) is 20.5 Å². The summed E-state index contributed by atoms with van der Waals surface area (Å²) in [5.74, 6) is 0. The molecule has 0 aromatic heterocycles. The van der Waals surface area contributed by atoms with E-state index in [4.69, 9.17) is 5.73 Å². The molecule has 1 aromatic carbocycles. The van der Waals surface area contributed by atoms with Gasteiger partial charge in [-0.05, 0) is 40.9 Å². The second-order valence-electron chi connectivity index (χ2n) is 4.23. The number of hydrogen-bond acceptors (Lipinski definition) is 3. The van der Waals surface area contributed by atoms with E-state index in [0.717, 1.165) is 0 Å². The predicted molar refractivity (Wildman–Crippen MR) is 84.1 cm³/mol. The molecule has 0 amide bonds. The van der Waals surface area contributed by atoms with Crippen molar-refractivity contribution in [1.82, 2.24) is 4.72 Å². The van der Waals surface area contributed by atoms with Crippen molar-refractivity contribution in [2.45, 2.75) is 37.1 Å². The van der Waals surface area contributed by atoms with Crippen molar-refractivity contribution in [3.05, 3.63) is 28.7 Å². The molecule has 19 heavy (non-hydrogen) atoms. The van der Waals surface area contributed by atoms with Crippen LogP contribution in [0.2, 0.25) is 0 Å². The van der Waals surface area contributed by atoms with Crippen molar-refractivity contribution >= 4 is 38.4 Å². The van der Waals surface area contributed by atoms with E-state index in [1.807, 2.05) is 13.8 Å². The molecule has 0 bridgehead atoms. The number of nitrogens with one attached hydrogen (secondary N) is 1. The van der Waals surface area contributed by atoms with Gasteiger partial charge in [0.1, 0.15) is 0 Å². The fourth-order valence-corrected chi connectivity index (χ4v) is 4.29. The molecule has 1 aromatic rings. The van der Waals surface area contributed by atoms with Crippen LogP contribution in [0, 0.1) is 0 Å². The number of rotatable bonds is 6. The molecular weight excluding hydrogens is 352 g/mol. The molecule has 0 heterocycles. The Balaban J connectivity index is 0.00000324. The van der Waals surface area contributed by atoms with Crippen LogP contribution in [0.25, 0.3) is 0 Å². The molecule has 0 aliphatic rings. The van der Waals surface area contributed by atoms with Gasteiger partial charge in [-0.25, -0.2) is 13.1 Å². The summed E-state index contributed by atoms with van der Waals surface area (Å²) >= 11 is 3.25. The summed E-state index contributed by atoms with van der Waals surface area (Å²) in [6.07, 6.45) is 1.31. The molecular formula is C12H20BrClN2O2S. The quantitative estimate of drug-likeness (QED) is 0.807. The third kappa shape index (κ3) is 4.43. The average Bonchev–Trinajstić information content (AvgIpc) is 2.36. The van der Waals surface area contributed by atoms with E-state index in [1.165, 1.54) is 0 Å². The van der Waals surface area contributed by atoms with Crippen LogP contribution in [0.3, 0.4) is 0 Å². The van der Waals surface area contributed by atoms with Gasteiger partial charge in [0.15, 0.2) is 0 Å². The summed E-state index contributed by atoms with van der Waals surface area (Å²) in [7, 11) is -3.56. The minimum Gasteiger partial charge on any atom is -0.329 e. The Labute approximate surface area is 129 Å². The summed E-state index contributed by atoms with van der Waals surface area (Å²) in [6.45, 7) is 4.14. The monoisotopic (exact) mass is 370 g/mol. The Morgan fingerprint density at radius 2 is 1.79 bits per heavy atom. The molecule has 0 unspecified atom stereocenters. The van der Waals surface area contributed by atoms with E-state index in [-0.39, 0.29) is 23.8 Å². The first-order chi connectivity index (χ1) is 8.40. The zero-order valence-electron chi connectivity index (χ0n) is 11.0. The maximum Gasteiger partial charge on any atom is 0.242 e. The number of hydrogen-bond donors (Lipinski definition) is 2. The lowest BCUT2D eigenvalue weighted by atomic mass is 9.95. The highest BCUT2D eigenvalue weighted by atomic mass is 79.9. The minimum atomic E-state index is -3.56. The van der Waals surface area contributed by atoms with E-state index in [2.05, 4.69) is 20.7 Å². The van der Waals surface area contributed by atoms with Gasteiger partial charge in [0, 0.05) is 16.6 Å². The first-order valence-electron chi connectivity index (χ1n) is 5.89. The first-order valence-corrected chi connectivity index (χ1v) is 8.17. The summed E-state index contributed by atoms with van der Waals surface area (Å²) in [5, 5.41) is 0. The normalized spacial score (nSPS) is 12.0. The molecule has 7 heteroatoms. The van der Waals surface area contributed by atoms with Crippen molar-refractivity contribution in [1.29, 1.82) is 0 Å². The van der Waals surface area contributed by atoms with E-state index in [0.29, 0.717) is 17.3 Å². The van der Waals surface area contributed by atoms with E-state index in [9.17, 15) is 8.42 Å². The van der Waals surface area contributed by atoms with Crippen LogP contribution in [0.1, 0.15) is 26.7 Å². The third-order valence-electron chi connectivity index (χ3n) is 3.22. The zero-order chi connectivity index (χ0) is 13.8. The van der Waals surface area contributed by atoms with Crippen molar-refractivity contribution in [3.8, 4) is 0 Å². The Morgan fingerprint density at radius 3 is 2.21 bits per heavy atom. The van der Waals surface area contributed by atoms with Crippen LogP contribution >= 0.6 is 28.3 Å². The molecule has 0 atom stereocenters. The molecule has 1 rings (SSSR count). The van der Waals surface area contributed by atoms with Crippen LogP contribution < -0.4 is 10.5 Å². The van der Waals surface area contributed by atoms with Crippen molar-refractivity contribution in [2.24, 2.45) is 5.73 Å². The van der Waals surface area contributed by atoms with E-state index < -0.39 is 15.6 Å². The van der Waals surface area contributed by atoms with Gasteiger partial charge in [0.05, 0.1) is 4.90 Å². The molecule has 0 radical (unpaired) electrons. The Kier molecular flexibility index (Phi) is 7.54. The largest absolute Gasteiger partial charge is 0.329 e. The molecule has 0 aliphatic carbocycles. The van der Waals surface area contributed by atoms with Gasteiger partial charge in [-0.15, -0.1) is 12.4 Å². The predicted octanol–water partition coefficient (Wildman–Crippen LogP) is 2.67. The first kappa shape index (κ1) is 18.9. The highest BCUT2D eigenvalue weighted by Crippen LogP contribution is 2.24. The molecule has 110 valence electrons. The number of benzene rings is 1. The highest BCUT2D eigenvalue weighted by molar-refractivity contribution is 9.10. The lowest BCUT2D eigenvalue weighted by molar-refractivity contribution is 0.363. The van der Waals surface area contributed by atoms with Gasteiger partial charge in [-0.3, -0.25) is 0 Å². The van der Waals surface area contributed by atoms with Gasteiger partial charge in [-0.1, -0.05) is 26.0 Å². The Hall–Kier alpha value is -0.140. The molecule has 3 N–H and O–H groups in total. The highest BCUT2D eigenvalue weighted by Gasteiger charge is 2.31. The van der Waals surface area contributed by atoms with Gasteiger partial charge in [-0.2, -0.15) is 0 Å². The lowest BCUT2D eigenvalue weighted by Gasteiger charge is -2.31. The summed E-state index contributed by atoms with van der Waals surface area (Å²) in [6, 6.07) is 6.75. The average molecular weight is 372 g/mol. The van der Waals surface area contributed by atoms with Gasteiger partial charge < -0.3 is 5.73 Å². The van der Waals surface area contributed by atoms with Crippen molar-refractivity contribution in [3.63, 3.8) is 0 Å². The Morgan fingerprint density at radius 1 is 1.26 bits per heavy atom. The van der Waals surface area contributed by atoms with Crippen LogP contribution in [0.15, 0.2) is 33.6 Å². The lowest BCUT2D eigenvalue weighted by Crippen LogP contribution is -2.52. The molecule has 0 saturated carbocycles. The van der Waals surface area contributed by atoms with Crippen LogP contribution in [0.5, 0.6) is 0 Å². The van der Waals surface area contributed by atoms with Crippen LogP contribution in [-0.2, 0) is 10.0 Å². The molecule has 0 fully saturated rings. The number of sulfonamides is 1. The van der Waals surface area contributed by atoms with Gasteiger partial charge >= 0.3 is 0 Å². The Bertz CT molecular complexity index is 496. The number of halogens is 2. The second kappa shape index (κ2) is 7.59. The fourth-order valence-electron chi connectivity index (χ4n) is 1.73. The second-order valence-corrected chi connectivity index (χ2v) is 6.73. The van der Waals surface area contributed by atoms with Crippen molar-refractivity contribution in [2.75, 3.05) is 6.54 Å². The fraction of sp³-hybridized carbons (Fsp3) is 0.500. The number of nitrogens with two attached hydrogens (primary N) is 1. The summed E-state index contributed by atoms with van der Waals surface area (Å²) in [4.78, 5) is 0.240. The van der Waals surface area contributed by atoms with Crippen LogP contribution in [0.4, 0.5) is 0 Å². The topological polar surface area (TPSA) is 72.2 Å². The third-order valence-corrected chi connectivity index (χ3v) is 5.81. The summed E-state index contributed by atoms with van der Waals surface area (Å²) < 4.78 is 28.0. The van der Waals surface area contributed by atoms with E-state index >= 15 is 0 Å². The minimum absolute atomic E-state index is 0. The standard InChI is InChI=1S/C12H19BrN2O2S.ClH/c1-3-12(4-2,9-14)15-18(16,17)11-8-6-5-7-10(11)13;/h5-8,15H,3-4,9,14H2,1-2H3;1H. The molecule has 4 nitrogen and oxygen atoms in total.